The summed E-state index contributed by atoms with van der Waals surface area (Å²) < 4.78 is 0. The third-order valence-corrected chi connectivity index (χ3v) is 5.25. The number of benzene rings is 2. The first-order valence-corrected chi connectivity index (χ1v) is 9.25. The van der Waals surface area contributed by atoms with Crippen LogP contribution in [-0.2, 0) is 13.0 Å². The summed E-state index contributed by atoms with van der Waals surface area (Å²) in [6.07, 6.45) is 4.47. The van der Waals surface area contributed by atoms with Crippen molar-refractivity contribution in [2.45, 2.75) is 26.8 Å². The predicted octanol–water partition coefficient (Wildman–Crippen LogP) is 4.51. The van der Waals surface area contributed by atoms with Gasteiger partial charge in [-0.25, -0.2) is 0 Å². The minimum absolute atomic E-state index is 0.134. The van der Waals surface area contributed by atoms with Gasteiger partial charge in [-0.15, -0.1) is 0 Å². The molecule has 2 heterocycles. The number of rotatable bonds is 3. The fourth-order valence-electron chi connectivity index (χ4n) is 3.46. The molecule has 1 aromatic heterocycles. The van der Waals surface area contributed by atoms with Crippen LogP contribution in [0.4, 0.5) is 11.4 Å². The first kappa shape index (κ1) is 17.3. The van der Waals surface area contributed by atoms with Gasteiger partial charge in [-0.2, -0.15) is 0 Å². The van der Waals surface area contributed by atoms with Gasteiger partial charge in [0.25, 0.3) is 5.91 Å². The third kappa shape index (κ3) is 3.70. The molecule has 0 atom stereocenters. The van der Waals surface area contributed by atoms with Crippen LogP contribution >= 0.6 is 0 Å². The Balaban J connectivity index is 1.52. The summed E-state index contributed by atoms with van der Waals surface area (Å²) >= 11 is 0. The van der Waals surface area contributed by atoms with E-state index in [-0.39, 0.29) is 5.91 Å². The van der Waals surface area contributed by atoms with Crippen molar-refractivity contribution in [3.63, 3.8) is 0 Å². The summed E-state index contributed by atoms with van der Waals surface area (Å²) in [5.74, 6) is -0.134. The van der Waals surface area contributed by atoms with Gasteiger partial charge in [-0.3, -0.25) is 9.78 Å². The number of nitrogens with one attached hydrogen (secondary N) is 1. The van der Waals surface area contributed by atoms with Gasteiger partial charge >= 0.3 is 0 Å². The second kappa shape index (κ2) is 7.23. The van der Waals surface area contributed by atoms with Crippen molar-refractivity contribution in [1.29, 1.82) is 0 Å². The maximum absolute atomic E-state index is 12.7. The highest BCUT2D eigenvalue weighted by atomic mass is 16.1. The molecule has 1 amide bonds. The van der Waals surface area contributed by atoms with Gasteiger partial charge in [0.1, 0.15) is 0 Å². The quantitative estimate of drug-likeness (QED) is 0.750. The van der Waals surface area contributed by atoms with E-state index in [1.54, 1.807) is 6.20 Å². The van der Waals surface area contributed by atoms with E-state index >= 15 is 0 Å². The molecule has 1 aliphatic rings. The van der Waals surface area contributed by atoms with Gasteiger partial charge < -0.3 is 10.2 Å². The van der Waals surface area contributed by atoms with Gasteiger partial charge in [0.2, 0.25) is 0 Å². The number of pyridine rings is 1. The van der Waals surface area contributed by atoms with Crippen LogP contribution in [-0.4, -0.2) is 17.4 Å². The maximum Gasteiger partial charge on any atom is 0.257 e. The highest BCUT2D eigenvalue weighted by Gasteiger charge is 2.17. The molecule has 0 unspecified atom stereocenters. The lowest BCUT2D eigenvalue weighted by molar-refractivity contribution is 0.102. The zero-order valence-corrected chi connectivity index (χ0v) is 15.7. The Labute approximate surface area is 159 Å². The zero-order chi connectivity index (χ0) is 18.8. The average molecular weight is 357 g/mol. The third-order valence-electron chi connectivity index (χ3n) is 5.25. The van der Waals surface area contributed by atoms with E-state index < -0.39 is 0 Å². The smallest absolute Gasteiger partial charge is 0.257 e. The number of aromatic nitrogens is 1. The lowest BCUT2D eigenvalue weighted by atomic mass is 9.99. The number of hydrogen-bond donors (Lipinski definition) is 1. The number of carbonyl (C=O) groups is 1. The normalized spacial score (nSPS) is 13.2. The summed E-state index contributed by atoms with van der Waals surface area (Å²) in [4.78, 5) is 19.3. The Morgan fingerprint density at radius 1 is 1.00 bits per heavy atom. The van der Waals surface area contributed by atoms with Crippen molar-refractivity contribution in [3.8, 4) is 0 Å². The van der Waals surface area contributed by atoms with Crippen molar-refractivity contribution in [2.75, 3.05) is 16.8 Å². The summed E-state index contributed by atoms with van der Waals surface area (Å²) in [7, 11) is 0. The molecule has 0 saturated heterocycles. The van der Waals surface area contributed by atoms with Gasteiger partial charge in [0, 0.05) is 25.0 Å². The Hall–Kier alpha value is -3.14. The first-order valence-electron chi connectivity index (χ1n) is 9.25. The van der Waals surface area contributed by atoms with Gasteiger partial charge in [-0.1, -0.05) is 30.3 Å². The van der Waals surface area contributed by atoms with E-state index in [9.17, 15) is 4.79 Å². The zero-order valence-electron chi connectivity index (χ0n) is 15.7. The molecular weight excluding hydrogens is 334 g/mol. The molecule has 2 aromatic carbocycles. The standard InChI is InChI=1S/C23H23N3O/c1-16-7-8-21(11-17(16)2)25-23(27)20-12-22(14-24-13-20)26-10-9-18-5-3-4-6-19(18)15-26/h3-8,11-14H,9-10,15H2,1-2H3,(H,25,27). The Bertz CT molecular complexity index is 996. The van der Waals surface area contributed by atoms with E-state index in [2.05, 4.69) is 46.4 Å². The minimum Gasteiger partial charge on any atom is -0.366 e. The number of amides is 1. The molecule has 0 fully saturated rings. The highest BCUT2D eigenvalue weighted by molar-refractivity contribution is 6.04. The predicted molar refractivity (Wildman–Crippen MR) is 109 cm³/mol. The Morgan fingerprint density at radius 3 is 2.63 bits per heavy atom. The molecule has 4 rings (SSSR count). The molecule has 0 saturated carbocycles. The van der Waals surface area contributed by atoms with Crippen LogP contribution in [0.3, 0.4) is 0 Å². The van der Waals surface area contributed by atoms with Gasteiger partial charge in [0.15, 0.2) is 0 Å². The summed E-state index contributed by atoms with van der Waals surface area (Å²) in [6.45, 7) is 5.88. The molecule has 0 aliphatic carbocycles. The molecule has 1 N–H and O–H groups in total. The van der Waals surface area contributed by atoms with Crippen molar-refractivity contribution in [3.05, 3.63) is 88.7 Å². The van der Waals surface area contributed by atoms with E-state index in [0.29, 0.717) is 5.56 Å². The van der Waals surface area contributed by atoms with Crippen LogP contribution < -0.4 is 10.2 Å². The van der Waals surface area contributed by atoms with E-state index in [1.807, 2.05) is 37.4 Å². The van der Waals surface area contributed by atoms with Crippen LogP contribution in [0.25, 0.3) is 0 Å². The molecule has 136 valence electrons. The van der Waals surface area contributed by atoms with E-state index in [1.165, 1.54) is 16.7 Å². The van der Waals surface area contributed by atoms with Crippen LogP contribution in [0.2, 0.25) is 0 Å². The van der Waals surface area contributed by atoms with Crippen LogP contribution in [0.5, 0.6) is 0 Å². The fourth-order valence-corrected chi connectivity index (χ4v) is 3.46. The van der Waals surface area contributed by atoms with Crippen molar-refractivity contribution in [1.82, 2.24) is 4.98 Å². The SMILES string of the molecule is Cc1ccc(NC(=O)c2cncc(N3CCc4ccccc4C3)c2)cc1C. The first-order chi connectivity index (χ1) is 13.1. The number of aryl methyl sites for hydroxylation is 2. The summed E-state index contributed by atoms with van der Waals surface area (Å²) in [5.41, 5.74) is 7.48. The number of hydrogen-bond acceptors (Lipinski definition) is 3. The maximum atomic E-state index is 12.7. The molecule has 0 radical (unpaired) electrons. The van der Waals surface area contributed by atoms with Crippen molar-refractivity contribution in [2.24, 2.45) is 0 Å². The number of fused-ring (bicyclic) bond motifs is 1. The Morgan fingerprint density at radius 2 is 1.81 bits per heavy atom. The molecule has 4 nitrogen and oxygen atoms in total. The fraction of sp³-hybridized carbons (Fsp3) is 0.217. The summed E-state index contributed by atoms with van der Waals surface area (Å²) in [6, 6.07) is 16.4. The van der Waals surface area contributed by atoms with Gasteiger partial charge in [-0.05, 0) is 60.7 Å². The van der Waals surface area contributed by atoms with E-state index in [0.717, 1.165) is 36.4 Å². The molecule has 1 aliphatic heterocycles. The molecule has 0 spiro atoms. The largest absolute Gasteiger partial charge is 0.366 e. The lowest BCUT2D eigenvalue weighted by Crippen LogP contribution is -2.30. The molecule has 4 heteroatoms. The second-order valence-corrected chi connectivity index (χ2v) is 7.13. The molecule has 0 bridgehead atoms. The average Bonchev–Trinajstić information content (AvgIpc) is 2.70. The Kier molecular flexibility index (Phi) is 4.63. The highest BCUT2D eigenvalue weighted by Crippen LogP contribution is 2.25. The van der Waals surface area contributed by atoms with Crippen LogP contribution in [0, 0.1) is 13.8 Å². The lowest BCUT2D eigenvalue weighted by Gasteiger charge is -2.30. The van der Waals surface area contributed by atoms with Crippen LogP contribution in [0.15, 0.2) is 60.9 Å². The van der Waals surface area contributed by atoms with Crippen LogP contribution in [0.1, 0.15) is 32.6 Å². The number of nitrogens with zero attached hydrogens (tertiary/aromatic N) is 2. The van der Waals surface area contributed by atoms with E-state index in [4.69, 9.17) is 0 Å². The van der Waals surface area contributed by atoms with Crippen molar-refractivity contribution >= 4 is 17.3 Å². The number of carbonyl (C=O) groups excluding carboxylic acids is 1. The number of anilines is 2. The summed E-state index contributed by atoms with van der Waals surface area (Å²) in [5, 5.41) is 2.97. The molecule has 3 aromatic rings. The molecular formula is C23H23N3O. The second-order valence-electron chi connectivity index (χ2n) is 7.13. The monoisotopic (exact) mass is 357 g/mol. The van der Waals surface area contributed by atoms with Gasteiger partial charge in [0.05, 0.1) is 17.4 Å². The minimum atomic E-state index is -0.134. The topological polar surface area (TPSA) is 45.2 Å². The molecule has 27 heavy (non-hydrogen) atoms. The van der Waals surface area contributed by atoms with Crippen molar-refractivity contribution < 1.29 is 4.79 Å².